The van der Waals surface area contributed by atoms with E-state index in [9.17, 15) is 17.2 Å². The summed E-state index contributed by atoms with van der Waals surface area (Å²) in [5.41, 5.74) is 2.29. The van der Waals surface area contributed by atoms with Crippen LogP contribution in [0.3, 0.4) is 0 Å². The van der Waals surface area contributed by atoms with Crippen LogP contribution in [0, 0.1) is 0 Å². The first kappa shape index (κ1) is 18.1. The lowest BCUT2D eigenvalue weighted by Crippen LogP contribution is -2.21. The fourth-order valence-electron chi connectivity index (χ4n) is 2.85. The highest BCUT2D eigenvalue weighted by Gasteiger charge is 2.23. The molecule has 5 nitrogen and oxygen atoms in total. The number of fused-ring (bicyclic) bond motifs is 1. The summed E-state index contributed by atoms with van der Waals surface area (Å²) in [4.78, 5) is 1.95. The van der Waals surface area contributed by atoms with Gasteiger partial charge in [-0.2, -0.15) is 8.78 Å². The van der Waals surface area contributed by atoms with Crippen LogP contribution in [0.25, 0.3) is 0 Å². The molecular formula is C16H15BrF2N2O3S. The van der Waals surface area contributed by atoms with Crippen molar-refractivity contribution in [2.45, 2.75) is 24.5 Å². The molecule has 0 spiro atoms. The number of sulfonamides is 1. The molecule has 1 aliphatic heterocycles. The Morgan fingerprint density at radius 1 is 1.24 bits per heavy atom. The number of primary sulfonamides is 1. The summed E-state index contributed by atoms with van der Waals surface area (Å²) in [6.07, 6.45) is 0.735. The van der Waals surface area contributed by atoms with Gasteiger partial charge >= 0.3 is 6.61 Å². The van der Waals surface area contributed by atoms with Gasteiger partial charge in [0.1, 0.15) is 5.75 Å². The molecular weight excluding hydrogens is 418 g/mol. The second-order valence-corrected chi connectivity index (χ2v) is 8.11. The Morgan fingerprint density at radius 2 is 2.00 bits per heavy atom. The SMILES string of the molecule is NS(=O)(=O)c1ccc2c(c1)N(Cc1cc(Br)ccc1OC(F)F)CC2. The number of nitrogens with two attached hydrogens (primary N) is 1. The van der Waals surface area contributed by atoms with Gasteiger partial charge in [0.2, 0.25) is 10.0 Å². The average molecular weight is 433 g/mol. The monoisotopic (exact) mass is 432 g/mol. The highest BCUT2D eigenvalue weighted by Crippen LogP contribution is 2.34. The topological polar surface area (TPSA) is 72.6 Å². The molecule has 0 unspecified atom stereocenters. The van der Waals surface area contributed by atoms with Gasteiger partial charge in [0.15, 0.2) is 0 Å². The molecule has 0 atom stereocenters. The van der Waals surface area contributed by atoms with Crippen LogP contribution in [-0.4, -0.2) is 21.6 Å². The maximum absolute atomic E-state index is 12.6. The second-order valence-electron chi connectivity index (χ2n) is 5.64. The van der Waals surface area contributed by atoms with Crippen molar-refractivity contribution < 1.29 is 21.9 Å². The van der Waals surface area contributed by atoms with E-state index in [1.165, 1.54) is 18.2 Å². The maximum Gasteiger partial charge on any atom is 0.387 e. The van der Waals surface area contributed by atoms with Crippen LogP contribution in [0.15, 0.2) is 45.8 Å². The van der Waals surface area contributed by atoms with Crippen LogP contribution in [0.2, 0.25) is 0 Å². The van der Waals surface area contributed by atoms with E-state index in [0.717, 1.165) is 22.1 Å². The van der Waals surface area contributed by atoms with Crippen molar-refractivity contribution in [3.05, 3.63) is 52.0 Å². The van der Waals surface area contributed by atoms with E-state index in [0.29, 0.717) is 18.7 Å². The maximum atomic E-state index is 12.6. The molecule has 2 aromatic carbocycles. The number of halogens is 3. The molecule has 1 heterocycles. The lowest BCUT2D eigenvalue weighted by atomic mass is 10.1. The van der Waals surface area contributed by atoms with E-state index in [-0.39, 0.29) is 10.6 Å². The summed E-state index contributed by atoms with van der Waals surface area (Å²) in [6.45, 7) is -1.97. The third kappa shape index (κ3) is 4.10. The number of nitrogens with zero attached hydrogens (tertiary/aromatic N) is 1. The van der Waals surface area contributed by atoms with Crippen molar-refractivity contribution in [3.8, 4) is 5.75 Å². The van der Waals surface area contributed by atoms with Gasteiger partial charge in [0.25, 0.3) is 0 Å². The van der Waals surface area contributed by atoms with Gasteiger partial charge in [0.05, 0.1) is 4.90 Å². The van der Waals surface area contributed by atoms with Crippen molar-refractivity contribution in [2.24, 2.45) is 5.14 Å². The first-order valence-electron chi connectivity index (χ1n) is 7.38. The van der Waals surface area contributed by atoms with Gasteiger partial charge in [0, 0.05) is 28.8 Å². The minimum atomic E-state index is -3.81. The van der Waals surface area contributed by atoms with E-state index in [4.69, 9.17) is 5.14 Å². The fraction of sp³-hybridized carbons (Fsp3) is 0.250. The number of rotatable bonds is 5. The molecule has 9 heteroatoms. The zero-order chi connectivity index (χ0) is 18.2. The van der Waals surface area contributed by atoms with Crippen molar-refractivity contribution in [3.63, 3.8) is 0 Å². The van der Waals surface area contributed by atoms with Gasteiger partial charge in [-0.1, -0.05) is 22.0 Å². The van der Waals surface area contributed by atoms with Crippen molar-refractivity contribution >= 4 is 31.6 Å². The third-order valence-corrected chi connectivity index (χ3v) is 5.38. The molecule has 0 fully saturated rings. The Morgan fingerprint density at radius 3 is 2.68 bits per heavy atom. The van der Waals surface area contributed by atoms with Crippen LogP contribution in [-0.2, 0) is 23.0 Å². The summed E-state index contributed by atoms with van der Waals surface area (Å²) in [6, 6.07) is 9.53. The highest BCUT2D eigenvalue weighted by molar-refractivity contribution is 9.10. The number of hydrogen-bond acceptors (Lipinski definition) is 4. The first-order valence-corrected chi connectivity index (χ1v) is 9.72. The van der Waals surface area contributed by atoms with Crippen LogP contribution in [0.5, 0.6) is 5.75 Å². The van der Waals surface area contributed by atoms with Gasteiger partial charge in [-0.25, -0.2) is 13.6 Å². The van der Waals surface area contributed by atoms with E-state index >= 15 is 0 Å². The lowest BCUT2D eigenvalue weighted by molar-refractivity contribution is -0.0504. The smallest absolute Gasteiger partial charge is 0.387 e. The Hall–Kier alpha value is -1.71. The van der Waals surface area contributed by atoms with E-state index < -0.39 is 16.6 Å². The van der Waals surface area contributed by atoms with E-state index in [1.807, 2.05) is 4.90 Å². The summed E-state index contributed by atoms with van der Waals surface area (Å²) >= 11 is 3.32. The zero-order valence-corrected chi connectivity index (χ0v) is 15.4. The molecule has 0 radical (unpaired) electrons. The summed E-state index contributed by atoms with van der Waals surface area (Å²) in [7, 11) is -3.81. The first-order chi connectivity index (χ1) is 11.7. The summed E-state index contributed by atoms with van der Waals surface area (Å²) in [5, 5.41) is 5.19. The largest absolute Gasteiger partial charge is 0.434 e. The molecule has 0 amide bonds. The molecule has 0 aromatic heterocycles. The molecule has 0 saturated carbocycles. The molecule has 3 rings (SSSR count). The van der Waals surface area contributed by atoms with Crippen molar-refractivity contribution in [1.29, 1.82) is 0 Å². The Kier molecular flexibility index (Phi) is 4.99. The third-order valence-electron chi connectivity index (χ3n) is 3.98. The molecule has 1 aliphatic rings. The number of benzene rings is 2. The second kappa shape index (κ2) is 6.89. The number of alkyl halides is 2. The molecule has 25 heavy (non-hydrogen) atoms. The normalized spacial score (nSPS) is 14.0. The summed E-state index contributed by atoms with van der Waals surface area (Å²) < 4.78 is 53.7. The number of hydrogen-bond donors (Lipinski definition) is 1. The van der Waals surface area contributed by atoms with Crippen molar-refractivity contribution in [2.75, 3.05) is 11.4 Å². The predicted octanol–water partition coefficient (Wildman–Crippen LogP) is 3.26. The molecule has 0 aliphatic carbocycles. The quantitative estimate of drug-likeness (QED) is 0.786. The fourth-order valence-corrected chi connectivity index (χ4v) is 3.80. The Bertz CT molecular complexity index is 906. The van der Waals surface area contributed by atoms with Gasteiger partial charge in [-0.05, 0) is 42.3 Å². The average Bonchev–Trinajstić information content (AvgIpc) is 2.91. The van der Waals surface area contributed by atoms with Gasteiger partial charge in [-0.3, -0.25) is 0 Å². The van der Waals surface area contributed by atoms with Gasteiger partial charge < -0.3 is 9.64 Å². The summed E-state index contributed by atoms with van der Waals surface area (Å²) in [5.74, 6) is 0.0919. The molecule has 0 saturated heterocycles. The van der Waals surface area contributed by atoms with Crippen LogP contribution in [0.4, 0.5) is 14.5 Å². The Balaban J connectivity index is 1.93. The molecule has 0 bridgehead atoms. The molecule has 2 aromatic rings. The Labute approximate surface area is 152 Å². The minimum Gasteiger partial charge on any atom is -0.434 e. The molecule has 134 valence electrons. The minimum absolute atomic E-state index is 0.0245. The van der Waals surface area contributed by atoms with Crippen LogP contribution >= 0.6 is 15.9 Å². The van der Waals surface area contributed by atoms with Crippen molar-refractivity contribution in [1.82, 2.24) is 0 Å². The predicted molar refractivity (Wildman–Crippen MR) is 93.3 cm³/mol. The van der Waals surface area contributed by atoms with Crippen LogP contribution < -0.4 is 14.8 Å². The molecule has 2 N–H and O–H groups in total. The van der Waals surface area contributed by atoms with Crippen LogP contribution in [0.1, 0.15) is 11.1 Å². The van der Waals surface area contributed by atoms with E-state index in [1.54, 1.807) is 18.2 Å². The van der Waals surface area contributed by atoms with E-state index in [2.05, 4.69) is 20.7 Å². The lowest BCUT2D eigenvalue weighted by Gasteiger charge is -2.22. The standard InChI is InChI=1S/C16H15BrF2N2O3S/c17-12-2-4-15(24-16(18)19)11(7-12)9-21-6-5-10-1-3-13(8-14(10)21)25(20,22)23/h1-4,7-8,16H,5-6,9H2,(H2,20,22,23). The number of anilines is 1. The highest BCUT2D eigenvalue weighted by atomic mass is 79.9. The zero-order valence-electron chi connectivity index (χ0n) is 13.0. The number of ether oxygens (including phenoxy) is 1. The van der Waals surface area contributed by atoms with Gasteiger partial charge in [-0.15, -0.1) is 0 Å².